The lowest BCUT2D eigenvalue weighted by atomic mass is 10.0. The second-order valence-electron chi connectivity index (χ2n) is 3.46. The standard InChI is InChI=1S/C12H12O2/c1-3-4-9-5-6-10-11(7-9)8(2)14-12(10)13/h3,5-8H,1,4H2,2H3/t8-/m1/s1. The molecule has 0 aromatic heterocycles. The number of fused-ring (bicyclic) bond motifs is 1. The van der Waals surface area contributed by atoms with E-state index in [1.165, 1.54) is 5.56 Å². The van der Waals surface area contributed by atoms with E-state index in [-0.39, 0.29) is 12.1 Å². The minimum atomic E-state index is -0.211. The van der Waals surface area contributed by atoms with E-state index in [1.807, 2.05) is 31.2 Å². The van der Waals surface area contributed by atoms with Gasteiger partial charge in [0.05, 0.1) is 5.56 Å². The van der Waals surface area contributed by atoms with Gasteiger partial charge >= 0.3 is 5.97 Å². The average Bonchev–Trinajstić information content (AvgIpc) is 2.43. The Kier molecular flexibility index (Phi) is 2.12. The Bertz CT molecular complexity index is 393. The van der Waals surface area contributed by atoms with Crippen molar-refractivity contribution < 1.29 is 9.53 Å². The van der Waals surface area contributed by atoms with Crippen LogP contribution in [0.5, 0.6) is 0 Å². The smallest absolute Gasteiger partial charge is 0.339 e. The monoisotopic (exact) mass is 188 g/mol. The van der Waals surface area contributed by atoms with E-state index in [4.69, 9.17) is 4.74 Å². The van der Waals surface area contributed by atoms with Gasteiger partial charge in [0.2, 0.25) is 0 Å². The van der Waals surface area contributed by atoms with Crippen LogP contribution >= 0.6 is 0 Å². The van der Waals surface area contributed by atoms with Crippen molar-refractivity contribution in [1.29, 1.82) is 0 Å². The van der Waals surface area contributed by atoms with Gasteiger partial charge in [-0.2, -0.15) is 0 Å². The summed E-state index contributed by atoms with van der Waals surface area (Å²) in [6.07, 6.45) is 2.57. The summed E-state index contributed by atoms with van der Waals surface area (Å²) in [4.78, 5) is 11.3. The van der Waals surface area contributed by atoms with Gasteiger partial charge in [0.15, 0.2) is 0 Å². The summed E-state index contributed by atoms with van der Waals surface area (Å²) in [5.41, 5.74) is 2.86. The van der Waals surface area contributed by atoms with Crippen molar-refractivity contribution in [2.24, 2.45) is 0 Å². The zero-order valence-electron chi connectivity index (χ0n) is 8.12. The zero-order valence-corrected chi connectivity index (χ0v) is 8.12. The molecular formula is C12H12O2. The van der Waals surface area contributed by atoms with Crippen LogP contribution in [0.15, 0.2) is 30.9 Å². The molecule has 0 aliphatic carbocycles. The van der Waals surface area contributed by atoms with Gasteiger partial charge in [-0.05, 0) is 25.0 Å². The van der Waals surface area contributed by atoms with Crippen LogP contribution in [0, 0.1) is 0 Å². The Hall–Kier alpha value is -1.57. The van der Waals surface area contributed by atoms with E-state index in [0.717, 1.165) is 12.0 Å². The number of benzene rings is 1. The van der Waals surface area contributed by atoms with Crippen molar-refractivity contribution in [2.75, 3.05) is 0 Å². The highest BCUT2D eigenvalue weighted by Crippen LogP contribution is 2.30. The fourth-order valence-electron chi connectivity index (χ4n) is 1.72. The molecule has 1 aromatic carbocycles. The molecule has 1 heterocycles. The van der Waals surface area contributed by atoms with Crippen molar-refractivity contribution in [3.05, 3.63) is 47.5 Å². The Labute approximate surface area is 83.2 Å². The molecule has 0 bridgehead atoms. The van der Waals surface area contributed by atoms with Gasteiger partial charge < -0.3 is 4.74 Å². The molecule has 1 aliphatic heterocycles. The van der Waals surface area contributed by atoms with Gasteiger partial charge in [-0.1, -0.05) is 18.2 Å². The third-order valence-electron chi connectivity index (χ3n) is 2.44. The lowest BCUT2D eigenvalue weighted by molar-refractivity contribution is 0.0422. The molecule has 0 saturated heterocycles. The molecule has 0 saturated carbocycles. The van der Waals surface area contributed by atoms with Crippen molar-refractivity contribution >= 4 is 5.97 Å². The molecule has 0 fully saturated rings. The Balaban J connectivity index is 2.44. The largest absolute Gasteiger partial charge is 0.454 e. The van der Waals surface area contributed by atoms with E-state index in [0.29, 0.717) is 5.56 Å². The van der Waals surface area contributed by atoms with Gasteiger partial charge in [0, 0.05) is 5.56 Å². The lowest BCUT2D eigenvalue weighted by Gasteiger charge is -2.03. The first-order valence-electron chi connectivity index (χ1n) is 4.67. The highest BCUT2D eigenvalue weighted by atomic mass is 16.5. The van der Waals surface area contributed by atoms with Crippen LogP contribution in [0.3, 0.4) is 0 Å². The first-order chi connectivity index (χ1) is 6.72. The van der Waals surface area contributed by atoms with E-state index in [9.17, 15) is 4.79 Å². The highest BCUT2D eigenvalue weighted by molar-refractivity contribution is 5.94. The minimum Gasteiger partial charge on any atom is -0.454 e. The number of esters is 1. The summed E-state index contributed by atoms with van der Waals surface area (Å²) in [7, 11) is 0. The van der Waals surface area contributed by atoms with Crippen LogP contribution in [-0.4, -0.2) is 5.97 Å². The van der Waals surface area contributed by atoms with Crippen molar-refractivity contribution in [1.82, 2.24) is 0 Å². The molecule has 72 valence electrons. The molecule has 14 heavy (non-hydrogen) atoms. The van der Waals surface area contributed by atoms with Gasteiger partial charge in [-0.25, -0.2) is 4.79 Å². The molecule has 2 rings (SSSR count). The summed E-state index contributed by atoms with van der Waals surface area (Å²) in [6, 6.07) is 5.80. The predicted molar refractivity (Wildman–Crippen MR) is 54.2 cm³/mol. The Morgan fingerprint density at radius 3 is 3.07 bits per heavy atom. The number of rotatable bonds is 2. The van der Waals surface area contributed by atoms with Gasteiger partial charge in [-0.3, -0.25) is 0 Å². The first kappa shape index (κ1) is 9.00. The molecule has 0 radical (unpaired) electrons. The minimum absolute atomic E-state index is 0.109. The number of cyclic esters (lactones) is 1. The van der Waals surface area contributed by atoms with Crippen LogP contribution in [0.25, 0.3) is 0 Å². The summed E-state index contributed by atoms with van der Waals surface area (Å²) >= 11 is 0. The zero-order chi connectivity index (χ0) is 10.1. The Morgan fingerprint density at radius 1 is 1.57 bits per heavy atom. The number of hydrogen-bond acceptors (Lipinski definition) is 2. The number of carbonyl (C=O) groups excluding carboxylic acids is 1. The van der Waals surface area contributed by atoms with Crippen molar-refractivity contribution in [2.45, 2.75) is 19.4 Å². The van der Waals surface area contributed by atoms with Gasteiger partial charge in [-0.15, -0.1) is 6.58 Å². The number of allylic oxidation sites excluding steroid dienone is 1. The predicted octanol–water partition coefficient (Wildman–Crippen LogP) is 2.65. The molecule has 0 N–H and O–H groups in total. The summed E-state index contributed by atoms with van der Waals surface area (Å²) in [5, 5.41) is 0. The molecule has 2 nitrogen and oxygen atoms in total. The number of carbonyl (C=O) groups is 1. The SMILES string of the molecule is C=CCc1ccc2c(c1)[C@@H](C)OC2=O. The van der Waals surface area contributed by atoms with Crippen LogP contribution in [-0.2, 0) is 11.2 Å². The second kappa shape index (κ2) is 3.29. The maximum atomic E-state index is 11.3. The van der Waals surface area contributed by atoms with Crippen molar-refractivity contribution in [3.8, 4) is 0 Å². The topological polar surface area (TPSA) is 26.3 Å². The lowest BCUT2D eigenvalue weighted by Crippen LogP contribution is -1.94. The number of ether oxygens (including phenoxy) is 1. The van der Waals surface area contributed by atoms with Crippen LogP contribution in [0.2, 0.25) is 0 Å². The highest BCUT2D eigenvalue weighted by Gasteiger charge is 2.27. The maximum Gasteiger partial charge on any atom is 0.339 e. The fourth-order valence-corrected chi connectivity index (χ4v) is 1.72. The number of hydrogen-bond donors (Lipinski definition) is 0. The van der Waals surface area contributed by atoms with Crippen molar-refractivity contribution in [3.63, 3.8) is 0 Å². The Morgan fingerprint density at radius 2 is 2.36 bits per heavy atom. The van der Waals surface area contributed by atoms with Crippen LogP contribution in [0.1, 0.15) is 34.5 Å². The van der Waals surface area contributed by atoms with E-state index >= 15 is 0 Å². The second-order valence-corrected chi connectivity index (χ2v) is 3.46. The molecule has 0 amide bonds. The summed E-state index contributed by atoms with van der Waals surface area (Å²) in [6.45, 7) is 5.58. The molecule has 1 atom stereocenters. The first-order valence-corrected chi connectivity index (χ1v) is 4.67. The summed E-state index contributed by atoms with van der Waals surface area (Å²) in [5.74, 6) is -0.211. The molecule has 0 unspecified atom stereocenters. The van der Waals surface area contributed by atoms with Gasteiger partial charge in [0.25, 0.3) is 0 Å². The average molecular weight is 188 g/mol. The molecule has 2 heteroatoms. The van der Waals surface area contributed by atoms with Gasteiger partial charge in [0.1, 0.15) is 6.10 Å². The molecule has 1 aromatic rings. The third-order valence-corrected chi connectivity index (χ3v) is 2.44. The van der Waals surface area contributed by atoms with Crippen LogP contribution in [0.4, 0.5) is 0 Å². The molecule has 0 spiro atoms. The van der Waals surface area contributed by atoms with E-state index in [1.54, 1.807) is 0 Å². The fraction of sp³-hybridized carbons (Fsp3) is 0.250. The van der Waals surface area contributed by atoms with Crippen LogP contribution < -0.4 is 0 Å². The molecule has 1 aliphatic rings. The third kappa shape index (κ3) is 1.33. The normalized spacial score (nSPS) is 18.9. The quantitative estimate of drug-likeness (QED) is 0.526. The summed E-state index contributed by atoms with van der Waals surface area (Å²) < 4.78 is 5.10. The molecular weight excluding hydrogens is 176 g/mol. The van der Waals surface area contributed by atoms with E-state index < -0.39 is 0 Å². The maximum absolute atomic E-state index is 11.3. The van der Waals surface area contributed by atoms with E-state index in [2.05, 4.69) is 6.58 Å².